The van der Waals surface area contributed by atoms with E-state index in [9.17, 15) is 0 Å². The zero-order chi connectivity index (χ0) is 22.8. The van der Waals surface area contributed by atoms with E-state index >= 15 is 0 Å². The Kier molecular flexibility index (Phi) is 4.48. The number of fused-ring (bicyclic) bond motifs is 6. The molecule has 4 heteroatoms. The van der Waals surface area contributed by atoms with Gasteiger partial charge in [-0.3, -0.25) is 0 Å². The van der Waals surface area contributed by atoms with Gasteiger partial charge >= 0.3 is 0 Å². The maximum absolute atomic E-state index is 6.26. The number of rotatable bonds is 2. The van der Waals surface area contributed by atoms with E-state index in [0.717, 1.165) is 47.7 Å². The summed E-state index contributed by atoms with van der Waals surface area (Å²) in [5.74, 6) is 0. The molecule has 0 N–H and O–H groups in total. The first-order valence-electron chi connectivity index (χ1n) is 11.1. The number of benzene rings is 5. The summed E-state index contributed by atoms with van der Waals surface area (Å²) in [4.78, 5) is 0. The maximum Gasteiger partial charge on any atom is 0.143 e. The molecule has 0 atom stereocenters. The first kappa shape index (κ1) is 20.1. The van der Waals surface area contributed by atoms with E-state index in [2.05, 4.69) is 127 Å². The lowest BCUT2D eigenvalue weighted by Crippen LogP contribution is -1.93. The van der Waals surface area contributed by atoms with Crippen LogP contribution in [0.25, 0.3) is 60.6 Å². The Morgan fingerprint density at radius 2 is 1.21 bits per heavy atom. The number of hydrogen-bond donors (Lipinski definition) is 0. The van der Waals surface area contributed by atoms with Crippen molar-refractivity contribution >= 4 is 75.6 Å². The van der Waals surface area contributed by atoms with Gasteiger partial charge in [-0.15, -0.1) is 0 Å². The van der Waals surface area contributed by atoms with Gasteiger partial charge in [0.05, 0.1) is 11.0 Å². The average Bonchev–Trinajstić information content (AvgIpc) is 3.39. The molecule has 34 heavy (non-hydrogen) atoms. The molecule has 0 unspecified atom stereocenters. The fourth-order valence-electron chi connectivity index (χ4n) is 5.01. The second-order valence-corrected chi connectivity index (χ2v) is 10.3. The van der Waals surface area contributed by atoms with Crippen LogP contribution in [0, 0.1) is 0 Å². The van der Waals surface area contributed by atoms with Gasteiger partial charge < -0.3 is 8.98 Å². The van der Waals surface area contributed by atoms with Gasteiger partial charge in [-0.25, -0.2) is 0 Å². The Hall–Kier alpha value is -3.34. The van der Waals surface area contributed by atoms with E-state index in [-0.39, 0.29) is 0 Å². The molecule has 0 amide bonds. The largest absolute Gasteiger partial charge is 0.455 e. The van der Waals surface area contributed by atoms with Gasteiger partial charge in [-0.05, 0) is 60.2 Å². The summed E-state index contributed by atoms with van der Waals surface area (Å²) in [5, 5.41) is 4.75. The summed E-state index contributed by atoms with van der Waals surface area (Å²) in [6, 6.07) is 36.3. The minimum absolute atomic E-state index is 0.921. The molecule has 5 aromatic carbocycles. The Bertz CT molecular complexity index is 1820. The molecule has 0 radical (unpaired) electrons. The van der Waals surface area contributed by atoms with Crippen molar-refractivity contribution in [3.05, 3.63) is 112 Å². The third-order valence-electron chi connectivity index (χ3n) is 6.53. The van der Waals surface area contributed by atoms with Crippen molar-refractivity contribution in [3.63, 3.8) is 0 Å². The van der Waals surface area contributed by atoms with Crippen LogP contribution in [0.2, 0.25) is 0 Å². The standard InChI is InChI=1S/C30H17Br2NO/c31-19-10-14-27-25(16-19)26-17-20(32)11-15-28(26)33(27)21-12-8-18(9-13-21)22-5-3-6-24-23-4-1-2-7-29(23)34-30(22)24/h1-17H. The van der Waals surface area contributed by atoms with E-state index < -0.39 is 0 Å². The van der Waals surface area contributed by atoms with Gasteiger partial charge in [0.15, 0.2) is 0 Å². The minimum atomic E-state index is 0.921. The predicted octanol–water partition coefficient (Wildman–Crippen LogP) is 9.88. The molecule has 2 heterocycles. The van der Waals surface area contributed by atoms with Crippen LogP contribution in [0.4, 0.5) is 0 Å². The smallest absolute Gasteiger partial charge is 0.143 e. The zero-order valence-corrected chi connectivity index (χ0v) is 21.1. The fourth-order valence-corrected chi connectivity index (χ4v) is 5.73. The topological polar surface area (TPSA) is 18.1 Å². The van der Waals surface area contributed by atoms with Crippen molar-refractivity contribution in [3.8, 4) is 16.8 Å². The van der Waals surface area contributed by atoms with E-state index in [1.165, 1.54) is 21.8 Å². The maximum atomic E-state index is 6.26. The van der Waals surface area contributed by atoms with Crippen LogP contribution in [-0.2, 0) is 0 Å². The molecular formula is C30H17Br2NO. The van der Waals surface area contributed by atoms with Crippen LogP contribution in [-0.4, -0.2) is 4.57 Å². The predicted molar refractivity (Wildman–Crippen MR) is 149 cm³/mol. The molecule has 0 spiro atoms. The Morgan fingerprint density at radius 3 is 1.91 bits per heavy atom. The van der Waals surface area contributed by atoms with E-state index in [0.29, 0.717) is 0 Å². The Labute approximate surface area is 212 Å². The zero-order valence-electron chi connectivity index (χ0n) is 17.9. The molecule has 162 valence electrons. The van der Waals surface area contributed by atoms with Gasteiger partial charge in [-0.1, -0.05) is 80.4 Å². The molecule has 2 aromatic heterocycles. The lowest BCUT2D eigenvalue weighted by atomic mass is 10.0. The molecule has 7 rings (SSSR count). The first-order chi connectivity index (χ1) is 16.7. The lowest BCUT2D eigenvalue weighted by molar-refractivity contribution is 0.670. The summed E-state index contributed by atoms with van der Waals surface area (Å²) in [7, 11) is 0. The van der Waals surface area contributed by atoms with Gasteiger partial charge in [-0.2, -0.15) is 0 Å². The summed E-state index contributed by atoms with van der Waals surface area (Å²) in [6.07, 6.45) is 0. The van der Waals surface area contributed by atoms with E-state index in [4.69, 9.17) is 4.42 Å². The normalized spacial score (nSPS) is 11.8. The molecule has 2 nitrogen and oxygen atoms in total. The molecule has 0 aliphatic rings. The highest BCUT2D eigenvalue weighted by Crippen LogP contribution is 2.38. The number of halogens is 2. The van der Waals surface area contributed by atoms with Crippen LogP contribution < -0.4 is 0 Å². The van der Waals surface area contributed by atoms with Crippen LogP contribution in [0.1, 0.15) is 0 Å². The highest BCUT2D eigenvalue weighted by molar-refractivity contribution is 9.10. The number of hydrogen-bond acceptors (Lipinski definition) is 1. The Balaban J connectivity index is 1.42. The van der Waals surface area contributed by atoms with Crippen LogP contribution in [0.15, 0.2) is 116 Å². The van der Waals surface area contributed by atoms with Gasteiger partial charge in [0.25, 0.3) is 0 Å². The van der Waals surface area contributed by atoms with Crippen LogP contribution in [0.5, 0.6) is 0 Å². The number of nitrogens with zero attached hydrogens (tertiary/aromatic N) is 1. The van der Waals surface area contributed by atoms with Crippen LogP contribution >= 0.6 is 31.9 Å². The second-order valence-electron chi connectivity index (χ2n) is 8.49. The van der Waals surface area contributed by atoms with Crippen molar-refractivity contribution < 1.29 is 4.42 Å². The minimum Gasteiger partial charge on any atom is -0.455 e. The van der Waals surface area contributed by atoms with Crippen molar-refractivity contribution in [2.75, 3.05) is 0 Å². The molecule has 7 aromatic rings. The molecule has 0 saturated carbocycles. The summed E-state index contributed by atoms with van der Waals surface area (Å²) >= 11 is 7.28. The third kappa shape index (κ3) is 2.99. The monoisotopic (exact) mass is 565 g/mol. The third-order valence-corrected chi connectivity index (χ3v) is 7.52. The second kappa shape index (κ2) is 7.59. The molecule has 0 fully saturated rings. The van der Waals surface area contributed by atoms with Gasteiger partial charge in [0.2, 0.25) is 0 Å². The molecule has 0 saturated heterocycles. The number of furan rings is 1. The van der Waals surface area contributed by atoms with Crippen molar-refractivity contribution in [1.29, 1.82) is 0 Å². The molecule has 0 aliphatic carbocycles. The molecule has 0 bridgehead atoms. The fraction of sp³-hybridized carbons (Fsp3) is 0. The average molecular weight is 567 g/mol. The van der Waals surface area contributed by atoms with Crippen LogP contribution in [0.3, 0.4) is 0 Å². The van der Waals surface area contributed by atoms with Gasteiger partial charge in [0.1, 0.15) is 11.2 Å². The van der Waals surface area contributed by atoms with Crippen molar-refractivity contribution in [2.45, 2.75) is 0 Å². The SMILES string of the molecule is Brc1ccc2c(c1)c1cc(Br)ccc1n2-c1ccc(-c2cccc3c2oc2ccccc23)cc1. The summed E-state index contributed by atoms with van der Waals surface area (Å²) < 4.78 is 10.7. The quantitative estimate of drug-likeness (QED) is 0.203. The molecular weight excluding hydrogens is 550 g/mol. The summed E-state index contributed by atoms with van der Waals surface area (Å²) in [6.45, 7) is 0. The van der Waals surface area contributed by atoms with E-state index in [1.54, 1.807) is 0 Å². The summed E-state index contributed by atoms with van der Waals surface area (Å²) in [5.41, 5.74) is 7.60. The lowest BCUT2D eigenvalue weighted by Gasteiger charge is -2.10. The first-order valence-corrected chi connectivity index (χ1v) is 12.7. The Morgan fingerprint density at radius 1 is 0.559 bits per heavy atom. The van der Waals surface area contributed by atoms with E-state index in [1.807, 2.05) is 12.1 Å². The van der Waals surface area contributed by atoms with Crippen molar-refractivity contribution in [1.82, 2.24) is 4.57 Å². The molecule has 0 aliphatic heterocycles. The van der Waals surface area contributed by atoms with Gasteiger partial charge in [0, 0.05) is 41.7 Å². The number of aromatic nitrogens is 1. The highest BCUT2D eigenvalue weighted by atomic mass is 79.9. The number of para-hydroxylation sites is 2. The highest BCUT2D eigenvalue weighted by Gasteiger charge is 2.15. The van der Waals surface area contributed by atoms with Crippen molar-refractivity contribution in [2.24, 2.45) is 0 Å².